The number of hydrogen-bond acceptors (Lipinski definition) is 2. The van der Waals surface area contributed by atoms with E-state index in [1.165, 1.54) is 11.1 Å². The van der Waals surface area contributed by atoms with Crippen LogP contribution in [0.3, 0.4) is 0 Å². The summed E-state index contributed by atoms with van der Waals surface area (Å²) >= 11 is 0. The largest absolute Gasteiger partial charge is 0.458 e. The molecule has 0 saturated heterocycles. The number of rotatable bonds is 6. The fraction of sp³-hybridized carbons (Fsp3) is 0.333. The zero-order chi connectivity index (χ0) is 14.4. The second-order valence-electron chi connectivity index (χ2n) is 5.10. The molecule has 2 rings (SSSR count). The van der Waals surface area contributed by atoms with Gasteiger partial charge in [-0.05, 0) is 49.1 Å². The molecule has 0 aliphatic carbocycles. The molecular formula is C18H22O2. The molecule has 0 aliphatic heterocycles. The summed E-state index contributed by atoms with van der Waals surface area (Å²) in [6, 6.07) is 16.2. The summed E-state index contributed by atoms with van der Waals surface area (Å²) in [4.78, 5) is 0. The minimum absolute atomic E-state index is 0.228. The van der Waals surface area contributed by atoms with Gasteiger partial charge in [-0.25, -0.2) is 0 Å². The van der Waals surface area contributed by atoms with Crippen LogP contribution >= 0.6 is 0 Å². The minimum Gasteiger partial charge on any atom is -0.458 e. The molecular weight excluding hydrogens is 248 g/mol. The molecule has 0 radical (unpaired) electrons. The van der Waals surface area contributed by atoms with Crippen molar-refractivity contribution < 1.29 is 9.47 Å². The molecule has 0 fully saturated rings. The Morgan fingerprint density at radius 3 is 1.85 bits per heavy atom. The second kappa shape index (κ2) is 6.99. The average molecular weight is 270 g/mol. The van der Waals surface area contributed by atoms with Crippen LogP contribution in [0.2, 0.25) is 0 Å². The molecule has 2 aromatic rings. The SMILES string of the molecule is CCC(C)c1ccc(OCOc2ccc(C)cc2)cc1. The topological polar surface area (TPSA) is 18.5 Å². The maximum Gasteiger partial charge on any atom is 0.230 e. The third-order valence-electron chi connectivity index (χ3n) is 3.53. The second-order valence-corrected chi connectivity index (χ2v) is 5.10. The van der Waals surface area contributed by atoms with Crippen LogP contribution in [0, 0.1) is 6.92 Å². The summed E-state index contributed by atoms with van der Waals surface area (Å²) in [7, 11) is 0. The van der Waals surface area contributed by atoms with E-state index in [4.69, 9.17) is 9.47 Å². The fourth-order valence-electron chi connectivity index (χ4n) is 1.93. The fourth-order valence-corrected chi connectivity index (χ4v) is 1.93. The number of benzene rings is 2. The Morgan fingerprint density at radius 1 is 0.850 bits per heavy atom. The standard InChI is InChI=1S/C18H22O2/c1-4-15(3)16-7-11-18(12-8-16)20-13-19-17-9-5-14(2)6-10-17/h5-12,15H,4,13H2,1-3H3. The Kier molecular flexibility index (Phi) is 5.05. The van der Waals surface area contributed by atoms with Gasteiger partial charge in [-0.3, -0.25) is 0 Å². The van der Waals surface area contributed by atoms with Gasteiger partial charge in [-0.15, -0.1) is 0 Å². The van der Waals surface area contributed by atoms with Crippen molar-refractivity contribution in [3.05, 3.63) is 59.7 Å². The predicted molar refractivity (Wildman–Crippen MR) is 82.5 cm³/mol. The number of aryl methyl sites for hydroxylation is 1. The number of ether oxygens (including phenoxy) is 2. The summed E-state index contributed by atoms with van der Waals surface area (Å²) in [5.41, 5.74) is 2.57. The lowest BCUT2D eigenvalue weighted by molar-refractivity contribution is 0.120. The summed E-state index contributed by atoms with van der Waals surface area (Å²) in [5, 5.41) is 0. The predicted octanol–water partition coefficient (Wildman–Crippen LogP) is 4.92. The van der Waals surface area contributed by atoms with E-state index in [9.17, 15) is 0 Å². The van der Waals surface area contributed by atoms with E-state index < -0.39 is 0 Å². The lowest BCUT2D eigenvalue weighted by atomic mass is 9.99. The average Bonchev–Trinajstić information content (AvgIpc) is 2.49. The first kappa shape index (κ1) is 14.4. The molecule has 0 amide bonds. The smallest absolute Gasteiger partial charge is 0.230 e. The highest BCUT2D eigenvalue weighted by atomic mass is 16.7. The molecule has 20 heavy (non-hydrogen) atoms. The third-order valence-corrected chi connectivity index (χ3v) is 3.53. The molecule has 2 aromatic carbocycles. The molecule has 2 heteroatoms. The summed E-state index contributed by atoms with van der Waals surface area (Å²) < 4.78 is 11.1. The minimum atomic E-state index is 0.228. The Bertz CT molecular complexity index is 514. The van der Waals surface area contributed by atoms with Gasteiger partial charge in [-0.1, -0.05) is 43.7 Å². The van der Waals surface area contributed by atoms with E-state index in [0.717, 1.165) is 17.9 Å². The normalized spacial score (nSPS) is 11.9. The summed E-state index contributed by atoms with van der Waals surface area (Å²) in [5.74, 6) is 2.25. The van der Waals surface area contributed by atoms with Crippen LogP contribution in [-0.2, 0) is 0 Å². The zero-order valence-corrected chi connectivity index (χ0v) is 12.4. The van der Waals surface area contributed by atoms with Gasteiger partial charge in [0.1, 0.15) is 11.5 Å². The van der Waals surface area contributed by atoms with Gasteiger partial charge in [0.2, 0.25) is 6.79 Å². The first-order valence-corrected chi connectivity index (χ1v) is 7.11. The van der Waals surface area contributed by atoms with Crippen LogP contribution in [-0.4, -0.2) is 6.79 Å². The van der Waals surface area contributed by atoms with Gasteiger partial charge in [-0.2, -0.15) is 0 Å². The van der Waals surface area contributed by atoms with Crippen molar-refractivity contribution in [3.8, 4) is 11.5 Å². The zero-order valence-electron chi connectivity index (χ0n) is 12.4. The maximum atomic E-state index is 5.59. The maximum absolute atomic E-state index is 5.59. The van der Waals surface area contributed by atoms with Gasteiger partial charge in [0.05, 0.1) is 0 Å². The molecule has 0 saturated carbocycles. The molecule has 1 unspecified atom stereocenters. The van der Waals surface area contributed by atoms with Gasteiger partial charge in [0.15, 0.2) is 0 Å². The van der Waals surface area contributed by atoms with Gasteiger partial charge >= 0.3 is 0 Å². The molecule has 0 bridgehead atoms. The van der Waals surface area contributed by atoms with Gasteiger partial charge in [0, 0.05) is 0 Å². The molecule has 0 heterocycles. The van der Waals surface area contributed by atoms with Crippen LogP contribution < -0.4 is 9.47 Å². The van der Waals surface area contributed by atoms with Crippen molar-refractivity contribution in [2.24, 2.45) is 0 Å². The molecule has 0 aromatic heterocycles. The quantitative estimate of drug-likeness (QED) is 0.693. The lowest BCUT2D eigenvalue weighted by Crippen LogP contribution is -2.05. The number of hydrogen-bond donors (Lipinski definition) is 0. The summed E-state index contributed by atoms with van der Waals surface area (Å²) in [6.45, 7) is 6.71. The molecule has 106 valence electrons. The first-order valence-electron chi connectivity index (χ1n) is 7.11. The van der Waals surface area contributed by atoms with Crippen LogP contribution in [0.25, 0.3) is 0 Å². The van der Waals surface area contributed by atoms with E-state index in [2.05, 4.69) is 32.9 Å². The molecule has 0 spiro atoms. The molecule has 0 aliphatic rings. The van der Waals surface area contributed by atoms with E-state index >= 15 is 0 Å². The molecule has 1 atom stereocenters. The van der Waals surface area contributed by atoms with Gasteiger partial charge in [0.25, 0.3) is 0 Å². The third kappa shape index (κ3) is 4.02. The van der Waals surface area contributed by atoms with Crippen molar-refractivity contribution in [1.29, 1.82) is 0 Å². The summed E-state index contributed by atoms with van der Waals surface area (Å²) in [6.07, 6.45) is 1.15. The van der Waals surface area contributed by atoms with Crippen molar-refractivity contribution in [2.45, 2.75) is 33.1 Å². The highest BCUT2D eigenvalue weighted by Gasteiger charge is 2.02. The highest BCUT2D eigenvalue weighted by Crippen LogP contribution is 2.21. The van der Waals surface area contributed by atoms with Gasteiger partial charge < -0.3 is 9.47 Å². The Labute approximate surface area is 121 Å². The molecule has 0 N–H and O–H groups in total. The van der Waals surface area contributed by atoms with Crippen LogP contribution in [0.15, 0.2) is 48.5 Å². The van der Waals surface area contributed by atoms with Crippen molar-refractivity contribution in [3.63, 3.8) is 0 Å². The van der Waals surface area contributed by atoms with Crippen LogP contribution in [0.1, 0.15) is 37.3 Å². The van der Waals surface area contributed by atoms with Crippen LogP contribution in [0.4, 0.5) is 0 Å². The van der Waals surface area contributed by atoms with Crippen LogP contribution in [0.5, 0.6) is 11.5 Å². The van der Waals surface area contributed by atoms with Crippen molar-refractivity contribution >= 4 is 0 Å². The van der Waals surface area contributed by atoms with E-state index in [1.54, 1.807) is 0 Å². The van der Waals surface area contributed by atoms with E-state index in [1.807, 2.05) is 36.4 Å². The lowest BCUT2D eigenvalue weighted by Gasteiger charge is -2.11. The Balaban J connectivity index is 1.83. The van der Waals surface area contributed by atoms with E-state index in [0.29, 0.717) is 5.92 Å². The highest BCUT2D eigenvalue weighted by molar-refractivity contribution is 5.29. The first-order chi connectivity index (χ1) is 9.69. The monoisotopic (exact) mass is 270 g/mol. The molecule has 2 nitrogen and oxygen atoms in total. The Morgan fingerprint density at radius 2 is 1.35 bits per heavy atom. The van der Waals surface area contributed by atoms with Crippen molar-refractivity contribution in [1.82, 2.24) is 0 Å². The van der Waals surface area contributed by atoms with E-state index in [-0.39, 0.29) is 6.79 Å². The Hall–Kier alpha value is -1.96. The van der Waals surface area contributed by atoms with Crippen molar-refractivity contribution in [2.75, 3.05) is 6.79 Å².